The number of nitriles is 1. The van der Waals surface area contributed by atoms with Gasteiger partial charge in [0.2, 0.25) is 5.69 Å². The maximum absolute atomic E-state index is 10.5. The third-order valence-electron chi connectivity index (χ3n) is 11.4. The zero-order valence-corrected chi connectivity index (χ0v) is 29.6. The molecule has 6 nitrogen and oxygen atoms in total. The zero-order valence-electron chi connectivity index (χ0n) is 29.6. The SMILES string of the molecule is [C-]#[N+]c1ccc(-c2ccc(C#N)c(-n3c4ccccc4c4c5c(ccc43)oc3ccccc35)c2)cc1-n1c2ccccc2c2cc3oc4ccccc4c3cc21. The number of aromatic nitrogens is 2. The van der Waals surface area contributed by atoms with Crippen LogP contribution in [-0.2, 0) is 0 Å². The second-order valence-corrected chi connectivity index (χ2v) is 14.3. The van der Waals surface area contributed by atoms with Crippen LogP contribution in [0, 0.1) is 17.9 Å². The van der Waals surface area contributed by atoms with Crippen molar-refractivity contribution in [3.8, 4) is 28.6 Å². The largest absolute Gasteiger partial charge is 0.456 e. The molecule has 0 aliphatic carbocycles. The van der Waals surface area contributed by atoms with Crippen molar-refractivity contribution in [1.29, 1.82) is 5.26 Å². The third-order valence-corrected chi connectivity index (χ3v) is 11.4. The molecular weight excluding hydrogens is 689 g/mol. The number of nitrogens with zero attached hydrogens (tertiary/aromatic N) is 4. The number of para-hydroxylation sites is 4. The molecule has 0 unspecified atom stereocenters. The van der Waals surface area contributed by atoms with Crippen LogP contribution in [0.4, 0.5) is 5.69 Å². The Labute approximate surface area is 318 Å². The van der Waals surface area contributed by atoms with Gasteiger partial charge in [-0.2, -0.15) is 5.26 Å². The minimum atomic E-state index is 0.543. The Hall–Kier alpha value is -8.06. The van der Waals surface area contributed by atoms with E-state index in [0.29, 0.717) is 11.3 Å². The second kappa shape index (κ2) is 11.2. The molecule has 0 N–H and O–H groups in total. The van der Waals surface area contributed by atoms with E-state index in [1.54, 1.807) is 0 Å². The minimum absolute atomic E-state index is 0.543. The average molecular weight is 715 g/mol. The molecule has 6 heteroatoms. The Balaban J connectivity index is 1.11. The van der Waals surface area contributed by atoms with E-state index in [1.165, 1.54) is 0 Å². The molecule has 12 rings (SSSR count). The van der Waals surface area contributed by atoms with E-state index in [4.69, 9.17) is 15.4 Å². The van der Waals surface area contributed by atoms with Crippen LogP contribution in [0.1, 0.15) is 5.56 Å². The molecule has 0 atom stereocenters. The lowest BCUT2D eigenvalue weighted by Crippen LogP contribution is -1.99. The molecule has 4 aromatic heterocycles. The quantitative estimate of drug-likeness (QED) is 0.171. The van der Waals surface area contributed by atoms with Crippen LogP contribution in [0.3, 0.4) is 0 Å². The molecule has 258 valence electrons. The molecule has 0 aliphatic heterocycles. The van der Waals surface area contributed by atoms with Crippen LogP contribution in [0.5, 0.6) is 0 Å². The summed E-state index contributed by atoms with van der Waals surface area (Å²) in [6.45, 7) is 8.27. The summed E-state index contributed by atoms with van der Waals surface area (Å²) < 4.78 is 17.0. The average Bonchev–Trinajstić information content (AvgIpc) is 3.99. The van der Waals surface area contributed by atoms with Gasteiger partial charge in [-0.1, -0.05) is 91.0 Å². The van der Waals surface area contributed by atoms with E-state index in [1.807, 2.05) is 84.9 Å². The predicted molar refractivity (Wildman–Crippen MR) is 226 cm³/mol. The van der Waals surface area contributed by atoms with Crippen molar-refractivity contribution in [3.63, 3.8) is 0 Å². The zero-order chi connectivity index (χ0) is 37.1. The second-order valence-electron chi connectivity index (χ2n) is 14.3. The highest BCUT2D eigenvalue weighted by Crippen LogP contribution is 2.44. The molecule has 0 spiro atoms. The molecule has 56 heavy (non-hydrogen) atoms. The molecule has 12 aromatic rings. The van der Waals surface area contributed by atoms with E-state index >= 15 is 0 Å². The molecule has 0 amide bonds. The molecule has 8 aromatic carbocycles. The van der Waals surface area contributed by atoms with Crippen LogP contribution >= 0.6 is 0 Å². The van der Waals surface area contributed by atoms with Crippen molar-refractivity contribution in [3.05, 3.63) is 175 Å². The number of furan rings is 2. The number of fused-ring (bicyclic) bond motifs is 13. The van der Waals surface area contributed by atoms with Crippen molar-refractivity contribution in [2.24, 2.45) is 0 Å². The number of rotatable bonds is 3. The summed E-state index contributed by atoms with van der Waals surface area (Å²) in [4.78, 5) is 4.03. The van der Waals surface area contributed by atoms with Gasteiger partial charge in [0.05, 0.1) is 45.6 Å². The van der Waals surface area contributed by atoms with Crippen LogP contribution in [-0.4, -0.2) is 9.13 Å². The first-order chi connectivity index (χ1) is 27.7. The van der Waals surface area contributed by atoms with Crippen molar-refractivity contribution in [2.75, 3.05) is 0 Å². The van der Waals surface area contributed by atoms with Gasteiger partial charge in [-0.15, -0.1) is 0 Å². The molecule has 0 aliphatic rings. The summed E-state index contributed by atoms with van der Waals surface area (Å²) in [5, 5.41) is 19.1. The summed E-state index contributed by atoms with van der Waals surface area (Å²) >= 11 is 0. The van der Waals surface area contributed by atoms with Gasteiger partial charge < -0.3 is 18.0 Å². The van der Waals surface area contributed by atoms with Crippen LogP contribution in [0.2, 0.25) is 0 Å². The predicted octanol–water partition coefficient (Wildman–Crippen LogP) is 13.8. The highest BCUT2D eigenvalue weighted by atomic mass is 16.3. The molecule has 0 radical (unpaired) electrons. The van der Waals surface area contributed by atoms with Crippen molar-refractivity contribution >= 4 is 93.2 Å². The lowest BCUT2D eigenvalue weighted by molar-refractivity contribution is 0.669. The summed E-state index contributed by atoms with van der Waals surface area (Å²) in [6.07, 6.45) is 0. The molecule has 0 fully saturated rings. The van der Waals surface area contributed by atoms with Gasteiger partial charge in [-0.05, 0) is 77.9 Å². The summed E-state index contributed by atoms with van der Waals surface area (Å²) in [5.41, 5.74) is 11.9. The third kappa shape index (κ3) is 4.07. The van der Waals surface area contributed by atoms with Crippen molar-refractivity contribution < 1.29 is 8.83 Å². The monoisotopic (exact) mass is 714 g/mol. The topological polar surface area (TPSA) is 64.3 Å². The Morgan fingerprint density at radius 2 is 1.07 bits per heavy atom. The van der Waals surface area contributed by atoms with E-state index in [2.05, 4.69) is 92.8 Å². The van der Waals surface area contributed by atoms with Crippen LogP contribution < -0.4 is 0 Å². The molecular formula is C50H26N4O2. The van der Waals surface area contributed by atoms with E-state index in [0.717, 1.165) is 110 Å². The number of hydrogen-bond acceptors (Lipinski definition) is 3. The summed E-state index contributed by atoms with van der Waals surface area (Å²) in [6, 6.07) is 55.9. The van der Waals surface area contributed by atoms with E-state index in [9.17, 15) is 5.26 Å². The summed E-state index contributed by atoms with van der Waals surface area (Å²) in [7, 11) is 0. The van der Waals surface area contributed by atoms with Crippen LogP contribution in [0.15, 0.2) is 167 Å². The Kier molecular flexibility index (Phi) is 6.10. The highest BCUT2D eigenvalue weighted by molar-refractivity contribution is 6.27. The van der Waals surface area contributed by atoms with Gasteiger partial charge in [-0.25, -0.2) is 4.85 Å². The fourth-order valence-corrected chi connectivity index (χ4v) is 8.95. The maximum atomic E-state index is 10.5. The fraction of sp³-hybridized carbons (Fsp3) is 0. The lowest BCUT2D eigenvalue weighted by atomic mass is 10.0. The van der Waals surface area contributed by atoms with E-state index < -0.39 is 0 Å². The van der Waals surface area contributed by atoms with Gasteiger partial charge in [0.25, 0.3) is 0 Å². The molecule has 0 bridgehead atoms. The number of hydrogen-bond donors (Lipinski definition) is 0. The standard InChI is InChI=1S/C50H26N4O2/c1-52-38-21-20-30(25-44(38)54-39-14-6-2-10-32(39)36-27-48-37(26-43(36)54)33-11-4-8-16-45(33)56-48)29-18-19-31(28-51)42(24-29)53-40-15-7-3-12-34(40)49-41(53)22-23-47-50(49)35-13-5-9-17-46(35)55-47/h2-27H. The normalized spacial score (nSPS) is 11.9. The molecule has 0 saturated heterocycles. The first-order valence-corrected chi connectivity index (χ1v) is 18.4. The molecule has 0 saturated carbocycles. The number of benzene rings is 8. The minimum Gasteiger partial charge on any atom is -0.456 e. The lowest BCUT2D eigenvalue weighted by Gasteiger charge is -2.15. The van der Waals surface area contributed by atoms with Gasteiger partial charge in [-0.3, -0.25) is 0 Å². The van der Waals surface area contributed by atoms with Crippen LogP contribution in [0.25, 0.3) is 115 Å². The highest BCUT2D eigenvalue weighted by Gasteiger charge is 2.22. The van der Waals surface area contributed by atoms with Gasteiger partial charge in [0.1, 0.15) is 28.4 Å². The Bertz CT molecular complexity index is 3680. The van der Waals surface area contributed by atoms with Gasteiger partial charge in [0.15, 0.2) is 0 Å². The van der Waals surface area contributed by atoms with Gasteiger partial charge >= 0.3 is 0 Å². The Morgan fingerprint density at radius 3 is 1.86 bits per heavy atom. The first kappa shape index (κ1) is 30.4. The van der Waals surface area contributed by atoms with E-state index in [-0.39, 0.29) is 0 Å². The summed E-state index contributed by atoms with van der Waals surface area (Å²) in [5.74, 6) is 0. The first-order valence-electron chi connectivity index (χ1n) is 18.4. The van der Waals surface area contributed by atoms with Gasteiger partial charge in [0, 0.05) is 43.1 Å². The Morgan fingerprint density at radius 1 is 0.446 bits per heavy atom. The smallest absolute Gasteiger partial charge is 0.210 e. The fourth-order valence-electron chi connectivity index (χ4n) is 8.95. The van der Waals surface area contributed by atoms with Crippen molar-refractivity contribution in [1.82, 2.24) is 9.13 Å². The van der Waals surface area contributed by atoms with Crippen molar-refractivity contribution in [2.45, 2.75) is 0 Å². The molecule has 4 heterocycles. The maximum Gasteiger partial charge on any atom is 0.210 e.